The highest BCUT2D eigenvalue weighted by molar-refractivity contribution is 6.30. The highest BCUT2D eigenvalue weighted by Gasteiger charge is 2.40. The van der Waals surface area contributed by atoms with Crippen LogP contribution in [0.15, 0.2) is 36.5 Å². The Morgan fingerprint density at radius 1 is 1.42 bits per heavy atom. The predicted molar refractivity (Wildman–Crippen MR) is 75.6 cm³/mol. The fourth-order valence-electron chi connectivity index (χ4n) is 2.45. The van der Waals surface area contributed by atoms with Gasteiger partial charge in [-0.1, -0.05) is 35.9 Å². The average Bonchev–Trinajstić information content (AvgIpc) is 2.99. The fraction of sp³-hybridized carbons (Fsp3) is 0.267. The van der Waals surface area contributed by atoms with E-state index in [9.17, 15) is 4.79 Å². The fourth-order valence-corrected chi connectivity index (χ4v) is 2.61. The molecule has 2 N–H and O–H groups in total. The lowest BCUT2D eigenvalue weighted by Gasteiger charge is -2.06. The highest BCUT2D eigenvalue weighted by atomic mass is 35.5. The summed E-state index contributed by atoms with van der Waals surface area (Å²) in [5.41, 5.74) is 3.13. The summed E-state index contributed by atoms with van der Waals surface area (Å²) in [5, 5.41) is 3.58. The standard InChI is InChI=1S/C15H15ClN2O/c1-9-4-2-3-5-11(9)12-7-13(12)18-15(19)14-6-10(16)8-17-14/h2-6,8,12-13,17H,7H2,1H3,(H,18,19). The summed E-state index contributed by atoms with van der Waals surface area (Å²) in [6, 6.07) is 10.2. The zero-order valence-electron chi connectivity index (χ0n) is 10.6. The second-order valence-electron chi connectivity index (χ2n) is 5.01. The predicted octanol–water partition coefficient (Wildman–Crippen LogP) is 3.26. The molecule has 1 aliphatic carbocycles. The van der Waals surface area contributed by atoms with E-state index in [0.717, 1.165) is 6.42 Å². The Balaban J connectivity index is 1.65. The zero-order chi connectivity index (χ0) is 13.4. The molecule has 1 aliphatic rings. The highest BCUT2D eigenvalue weighted by Crippen LogP contribution is 2.42. The van der Waals surface area contributed by atoms with Gasteiger partial charge in [-0.2, -0.15) is 0 Å². The van der Waals surface area contributed by atoms with Crippen molar-refractivity contribution in [2.45, 2.75) is 25.3 Å². The number of aryl methyl sites for hydroxylation is 1. The first-order valence-corrected chi connectivity index (χ1v) is 6.73. The summed E-state index contributed by atoms with van der Waals surface area (Å²) in [4.78, 5) is 14.8. The van der Waals surface area contributed by atoms with Crippen LogP contribution in [0.2, 0.25) is 5.02 Å². The van der Waals surface area contributed by atoms with Gasteiger partial charge >= 0.3 is 0 Å². The molecule has 4 heteroatoms. The lowest BCUT2D eigenvalue weighted by atomic mass is 10.0. The molecule has 2 unspecified atom stereocenters. The van der Waals surface area contributed by atoms with Crippen molar-refractivity contribution in [1.82, 2.24) is 10.3 Å². The van der Waals surface area contributed by atoms with Gasteiger partial charge in [0.15, 0.2) is 0 Å². The SMILES string of the molecule is Cc1ccccc1C1CC1NC(=O)c1cc(Cl)c[nH]1. The van der Waals surface area contributed by atoms with Gasteiger partial charge in [0, 0.05) is 18.2 Å². The first kappa shape index (κ1) is 12.3. The van der Waals surface area contributed by atoms with E-state index in [4.69, 9.17) is 11.6 Å². The monoisotopic (exact) mass is 274 g/mol. The molecule has 1 amide bonds. The van der Waals surface area contributed by atoms with Crippen LogP contribution in [0.3, 0.4) is 0 Å². The number of H-pyrrole nitrogens is 1. The number of carbonyl (C=O) groups is 1. The molecule has 1 aromatic carbocycles. The van der Waals surface area contributed by atoms with Gasteiger partial charge in [-0.15, -0.1) is 0 Å². The number of amides is 1. The number of aromatic amines is 1. The smallest absolute Gasteiger partial charge is 0.267 e. The second kappa shape index (κ2) is 4.74. The first-order valence-electron chi connectivity index (χ1n) is 6.35. The molecule has 2 atom stereocenters. The molecule has 0 saturated heterocycles. The van der Waals surface area contributed by atoms with Gasteiger partial charge in [0.25, 0.3) is 5.91 Å². The van der Waals surface area contributed by atoms with Crippen molar-refractivity contribution in [2.75, 3.05) is 0 Å². The maximum atomic E-state index is 12.0. The van der Waals surface area contributed by atoms with Crippen molar-refractivity contribution in [3.63, 3.8) is 0 Å². The minimum Gasteiger partial charge on any atom is -0.356 e. The Hall–Kier alpha value is -1.74. The minimum atomic E-state index is -0.0898. The number of nitrogens with one attached hydrogen (secondary N) is 2. The molecule has 0 aliphatic heterocycles. The molecule has 1 saturated carbocycles. The minimum absolute atomic E-state index is 0.0898. The zero-order valence-corrected chi connectivity index (χ0v) is 11.4. The van der Waals surface area contributed by atoms with Crippen LogP contribution in [0.4, 0.5) is 0 Å². The molecular weight excluding hydrogens is 260 g/mol. The van der Waals surface area contributed by atoms with E-state index < -0.39 is 0 Å². The van der Waals surface area contributed by atoms with Crippen LogP contribution in [0.25, 0.3) is 0 Å². The number of hydrogen-bond acceptors (Lipinski definition) is 1. The van der Waals surface area contributed by atoms with E-state index in [2.05, 4.69) is 29.4 Å². The molecule has 3 rings (SSSR count). The third-order valence-corrected chi connectivity index (χ3v) is 3.81. The van der Waals surface area contributed by atoms with E-state index in [1.807, 2.05) is 12.1 Å². The van der Waals surface area contributed by atoms with Crippen LogP contribution in [0.5, 0.6) is 0 Å². The summed E-state index contributed by atoms with van der Waals surface area (Å²) in [6.45, 7) is 2.11. The first-order chi connectivity index (χ1) is 9.15. The lowest BCUT2D eigenvalue weighted by molar-refractivity contribution is 0.0946. The molecule has 98 valence electrons. The Kier molecular flexibility index (Phi) is 3.07. The number of hydrogen-bond donors (Lipinski definition) is 2. The van der Waals surface area contributed by atoms with Crippen molar-refractivity contribution in [3.05, 3.63) is 58.4 Å². The number of aromatic nitrogens is 1. The third-order valence-electron chi connectivity index (χ3n) is 3.59. The third kappa shape index (κ3) is 2.51. The Bertz CT molecular complexity index is 620. The summed E-state index contributed by atoms with van der Waals surface area (Å²) in [7, 11) is 0. The summed E-state index contributed by atoms with van der Waals surface area (Å²) in [5.74, 6) is 0.351. The van der Waals surface area contributed by atoms with Crippen LogP contribution in [0, 0.1) is 6.92 Å². The largest absolute Gasteiger partial charge is 0.356 e. The summed E-state index contributed by atoms with van der Waals surface area (Å²) >= 11 is 5.79. The number of rotatable bonds is 3. The van der Waals surface area contributed by atoms with Crippen molar-refractivity contribution in [3.8, 4) is 0 Å². The molecule has 0 radical (unpaired) electrons. The molecule has 19 heavy (non-hydrogen) atoms. The quantitative estimate of drug-likeness (QED) is 0.887. The normalized spacial score (nSPS) is 21.2. The molecule has 2 aromatic rings. The summed E-state index contributed by atoms with van der Waals surface area (Å²) in [6.07, 6.45) is 2.62. The van der Waals surface area contributed by atoms with Crippen molar-refractivity contribution < 1.29 is 4.79 Å². The maximum Gasteiger partial charge on any atom is 0.267 e. The van der Waals surface area contributed by atoms with Crippen LogP contribution in [-0.2, 0) is 0 Å². The van der Waals surface area contributed by atoms with Crippen LogP contribution >= 0.6 is 11.6 Å². The summed E-state index contributed by atoms with van der Waals surface area (Å²) < 4.78 is 0. The van der Waals surface area contributed by atoms with E-state index in [0.29, 0.717) is 16.6 Å². The number of carbonyl (C=O) groups excluding carboxylic acids is 1. The molecule has 1 aromatic heterocycles. The van der Waals surface area contributed by atoms with Gasteiger partial charge in [0.2, 0.25) is 0 Å². The Morgan fingerprint density at radius 3 is 2.89 bits per heavy atom. The molecule has 0 bridgehead atoms. The van der Waals surface area contributed by atoms with Crippen LogP contribution in [0.1, 0.15) is 34.0 Å². The van der Waals surface area contributed by atoms with Gasteiger partial charge < -0.3 is 10.3 Å². The number of benzene rings is 1. The van der Waals surface area contributed by atoms with Gasteiger partial charge in [0.1, 0.15) is 5.69 Å². The van der Waals surface area contributed by atoms with E-state index >= 15 is 0 Å². The van der Waals surface area contributed by atoms with Crippen LogP contribution in [-0.4, -0.2) is 16.9 Å². The molecular formula is C15H15ClN2O. The Labute approximate surface area is 117 Å². The van der Waals surface area contributed by atoms with Gasteiger partial charge in [-0.3, -0.25) is 4.79 Å². The van der Waals surface area contributed by atoms with Gasteiger partial charge in [0.05, 0.1) is 5.02 Å². The van der Waals surface area contributed by atoms with Crippen LogP contribution < -0.4 is 5.32 Å². The molecule has 3 nitrogen and oxygen atoms in total. The molecule has 1 fully saturated rings. The molecule has 1 heterocycles. The molecule has 0 spiro atoms. The van der Waals surface area contributed by atoms with Gasteiger partial charge in [-0.25, -0.2) is 0 Å². The van der Waals surface area contributed by atoms with Crippen molar-refractivity contribution >= 4 is 17.5 Å². The van der Waals surface area contributed by atoms with E-state index in [-0.39, 0.29) is 11.9 Å². The van der Waals surface area contributed by atoms with E-state index in [1.165, 1.54) is 11.1 Å². The Morgan fingerprint density at radius 2 is 2.21 bits per heavy atom. The topological polar surface area (TPSA) is 44.9 Å². The van der Waals surface area contributed by atoms with Crippen molar-refractivity contribution in [2.24, 2.45) is 0 Å². The lowest BCUT2D eigenvalue weighted by Crippen LogP contribution is -2.26. The maximum absolute atomic E-state index is 12.0. The second-order valence-corrected chi connectivity index (χ2v) is 5.45. The van der Waals surface area contributed by atoms with E-state index in [1.54, 1.807) is 12.3 Å². The average molecular weight is 275 g/mol. The van der Waals surface area contributed by atoms with Gasteiger partial charge in [-0.05, 0) is 30.5 Å². The number of halogens is 1. The van der Waals surface area contributed by atoms with Crippen molar-refractivity contribution in [1.29, 1.82) is 0 Å².